The van der Waals surface area contributed by atoms with Crippen LogP contribution >= 0.6 is 0 Å². The van der Waals surface area contributed by atoms with Crippen molar-refractivity contribution < 1.29 is 0 Å². The smallest absolute Gasteiger partial charge is 0.0795 e. The molecule has 1 aliphatic rings. The first-order chi connectivity index (χ1) is 22.2. The molecule has 0 saturated carbocycles. The summed E-state index contributed by atoms with van der Waals surface area (Å²) in [6.07, 6.45) is 13.4. The molecule has 0 aliphatic heterocycles. The number of para-hydroxylation sites is 1. The van der Waals surface area contributed by atoms with E-state index in [1.165, 1.54) is 33.0 Å². The average Bonchev–Trinajstić information content (AvgIpc) is 3.23. The second-order valence-corrected chi connectivity index (χ2v) is 11.6. The highest BCUT2D eigenvalue weighted by Crippen LogP contribution is 2.39. The van der Waals surface area contributed by atoms with Crippen molar-refractivity contribution in [2.24, 2.45) is 0 Å². The lowest BCUT2D eigenvalue weighted by Gasteiger charge is -2.12. The molecule has 0 bridgehead atoms. The van der Waals surface area contributed by atoms with E-state index < -0.39 is 0 Å². The first-order valence-corrected chi connectivity index (χ1v) is 15.3. The summed E-state index contributed by atoms with van der Waals surface area (Å²) in [5.41, 5.74) is 12.3. The number of aromatic nitrogens is 3. The summed E-state index contributed by atoms with van der Waals surface area (Å²) in [4.78, 5) is 9.56. The van der Waals surface area contributed by atoms with Crippen molar-refractivity contribution >= 4 is 39.3 Å². The Labute approximate surface area is 263 Å². The average molecular weight is 578 g/mol. The van der Waals surface area contributed by atoms with E-state index in [9.17, 15) is 0 Å². The first-order valence-electron chi connectivity index (χ1n) is 15.3. The maximum absolute atomic E-state index is 4.83. The Bertz CT molecular complexity index is 2310. The Hall–Kier alpha value is -5.80. The van der Waals surface area contributed by atoms with Gasteiger partial charge in [-0.25, -0.2) is 0 Å². The second-order valence-electron chi connectivity index (χ2n) is 11.6. The van der Waals surface area contributed by atoms with E-state index in [1.807, 2.05) is 18.5 Å². The summed E-state index contributed by atoms with van der Waals surface area (Å²) < 4.78 is 2.38. The maximum atomic E-state index is 4.83. The van der Waals surface area contributed by atoms with Gasteiger partial charge in [0.15, 0.2) is 0 Å². The van der Waals surface area contributed by atoms with E-state index in [0.717, 1.165) is 56.8 Å². The van der Waals surface area contributed by atoms with Crippen LogP contribution in [0.5, 0.6) is 0 Å². The molecule has 8 rings (SSSR count). The molecule has 0 N–H and O–H groups in total. The largest absolute Gasteiger partial charge is 0.313 e. The third-order valence-corrected chi connectivity index (χ3v) is 8.86. The predicted octanol–water partition coefficient (Wildman–Crippen LogP) is 10.5. The van der Waals surface area contributed by atoms with Gasteiger partial charge in [0.1, 0.15) is 0 Å². The van der Waals surface area contributed by atoms with Gasteiger partial charge >= 0.3 is 0 Å². The lowest BCUT2D eigenvalue weighted by Crippen LogP contribution is -2.02. The van der Waals surface area contributed by atoms with Gasteiger partial charge in [0.05, 0.1) is 11.4 Å². The molecule has 3 heterocycles. The molecule has 3 nitrogen and oxygen atoms in total. The molecule has 0 spiro atoms. The SMILES string of the molecule is C=C(/C=C\c1c(C)c2c(n1-c1ccccc1)CC=Cc1cccnc1-2)c1ccc2cc(-c3nccc4ccccc34)ccc2c1. The number of allylic oxidation sites excluding steroid dienone is 3. The highest BCUT2D eigenvalue weighted by Gasteiger charge is 2.24. The van der Waals surface area contributed by atoms with Gasteiger partial charge in [-0.2, -0.15) is 0 Å². The number of hydrogen-bond donors (Lipinski definition) is 0. The Balaban J connectivity index is 1.17. The second kappa shape index (κ2) is 11.0. The van der Waals surface area contributed by atoms with Crippen LogP contribution in [-0.4, -0.2) is 14.5 Å². The Morgan fingerprint density at radius 3 is 2.47 bits per heavy atom. The Kier molecular flexibility index (Phi) is 6.57. The summed E-state index contributed by atoms with van der Waals surface area (Å²) in [5.74, 6) is 0. The van der Waals surface area contributed by atoms with Crippen LogP contribution in [-0.2, 0) is 6.42 Å². The number of pyridine rings is 2. The van der Waals surface area contributed by atoms with Crippen molar-refractivity contribution in [1.29, 1.82) is 0 Å². The molecule has 0 unspecified atom stereocenters. The number of nitrogens with zero attached hydrogens (tertiary/aromatic N) is 3. The number of rotatable bonds is 5. The minimum absolute atomic E-state index is 0.831. The highest BCUT2D eigenvalue weighted by molar-refractivity contribution is 5.98. The van der Waals surface area contributed by atoms with E-state index >= 15 is 0 Å². The van der Waals surface area contributed by atoms with Gasteiger partial charge in [-0.15, -0.1) is 0 Å². The van der Waals surface area contributed by atoms with Crippen molar-refractivity contribution in [3.8, 4) is 28.2 Å². The zero-order valence-corrected chi connectivity index (χ0v) is 25.1. The number of fused-ring (bicyclic) bond motifs is 5. The monoisotopic (exact) mass is 577 g/mol. The zero-order chi connectivity index (χ0) is 30.3. The number of hydrogen-bond acceptors (Lipinski definition) is 2. The molecular weight excluding hydrogens is 546 g/mol. The summed E-state index contributed by atoms with van der Waals surface area (Å²) >= 11 is 0. The molecule has 3 heteroatoms. The van der Waals surface area contributed by atoms with Crippen LogP contribution in [0, 0.1) is 6.92 Å². The van der Waals surface area contributed by atoms with E-state index in [0.29, 0.717) is 0 Å². The third-order valence-electron chi connectivity index (χ3n) is 8.86. The van der Waals surface area contributed by atoms with Crippen LogP contribution < -0.4 is 0 Å². The van der Waals surface area contributed by atoms with Crippen molar-refractivity contribution in [2.45, 2.75) is 13.3 Å². The van der Waals surface area contributed by atoms with E-state index in [4.69, 9.17) is 9.97 Å². The topological polar surface area (TPSA) is 30.7 Å². The van der Waals surface area contributed by atoms with Crippen LogP contribution in [0.15, 0.2) is 140 Å². The fourth-order valence-corrected chi connectivity index (χ4v) is 6.63. The standard InChI is InChI=1S/C42H31N3/c1-28(32-18-19-34-27-35(21-20-33(34)26-32)41-37-15-7-6-10-30(37)23-25-44-41)17-22-38-29(2)40-39(45(38)36-13-4-3-5-14-36)16-8-11-31-12-9-24-43-42(31)40/h3-15,17-27H,1,16H2,2H3/b22-17-. The quantitative estimate of drug-likeness (QED) is 0.191. The minimum Gasteiger partial charge on any atom is -0.313 e. The van der Waals surface area contributed by atoms with Gasteiger partial charge in [0.2, 0.25) is 0 Å². The molecule has 4 aromatic carbocycles. The predicted molar refractivity (Wildman–Crippen MR) is 189 cm³/mol. The first kappa shape index (κ1) is 26.8. The molecule has 3 aromatic heterocycles. The summed E-state index contributed by atoms with van der Waals surface area (Å²) in [6.45, 7) is 6.69. The molecule has 0 radical (unpaired) electrons. The van der Waals surface area contributed by atoms with Gasteiger partial charge in [-0.05, 0) is 82.3 Å². The maximum Gasteiger partial charge on any atom is 0.0795 e. The summed E-state index contributed by atoms with van der Waals surface area (Å²) in [5, 5.41) is 4.72. The van der Waals surface area contributed by atoms with Crippen molar-refractivity contribution in [2.75, 3.05) is 0 Å². The van der Waals surface area contributed by atoms with Gasteiger partial charge < -0.3 is 4.57 Å². The molecule has 7 aromatic rings. The van der Waals surface area contributed by atoms with Gasteiger partial charge in [-0.1, -0.05) is 97.6 Å². The van der Waals surface area contributed by atoms with Gasteiger partial charge in [0, 0.05) is 58.0 Å². The Morgan fingerprint density at radius 1 is 0.756 bits per heavy atom. The van der Waals surface area contributed by atoms with Gasteiger partial charge in [-0.3, -0.25) is 9.97 Å². The minimum atomic E-state index is 0.831. The van der Waals surface area contributed by atoms with E-state index in [2.05, 4.69) is 146 Å². The normalized spacial score (nSPS) is 12.4. The number of benzene rings is 4. The van der Waals surface area contributed by atoms with Crippen LogP contribution in [0.2, 0.25) is 0 Å². The van der Waals surface area contributed by atoms with Crippen LogP contribution in [0.1, 0.15) is 28.1 Å². The van der Waals surface area contributed by atoms with E-state index in [-0.39, 0.29) is 0 Å². The molecule has 1 aliphatic carbocycles. The van der Waals surface area contributed by atoms with Crippen LogP contribution in [0.4, 0.5) is 0 Å². The molecule has 45 heavy (non-hydrogen) atoms. The zero-order valence-electron chi connectivity index (χ0n) is 25.1. The van der Waals surface area contributed by atoms with Crippen molar-refractivity contribution in [3.05, 3.63) is 168 Å². The molecule has 0 amide bonds. The molecule has 214 valence electrons. The fourth-order valence-electron chi connectivity index (χ4n) is 6.63. The molecule has 0 fully saturated rings. The summed E-state index contributed by atoms with van der Waals surface area (Å²) in [7, 11) is 0. The van der Waals surface area contributed by atoms with E-state index in [1.54, 1.807) is 0 Å². The fraction of sp³-hybridized carbons (Fsp3) is 0.0476. The van der Waals surface area contributed by atoms with Crippen LogP contribution in [0.3, 0.4) is 0 Å². The third kappa shape index (κ3) is 4.70. The molecule has 0 atom stereocenters. The lowest BCUT2D eigenvalue weighted by atomic mass is 9.97. The van der Waals surface area contributed by atoms with Crippen molar-refractivity contribution in [1.82, 2.24) is 14.5 Å². The molecule has 0 saturated heterocycles. The summed E-state index contributed by atoms with van der Waals surface area (Å²) in [6, 6.07) is 38.4. The van der Waals surface area contributed by atoms with Crippen LogP contribution in [0.25, 0.3) is 67.5 Å². The van der Waals surface area contributed by atoms with Gasteiger partial charge in [0.25, 0.3) is 0 Å². The lowest BCUT2D eigenvalue weighted by molar-refractivity contribution is 0.964. The van der Waals surface area contributed by atoms with Crippen molar-refractivity contribution in [3.63, 3.8) is 0 Å². The molecular formula is C42H31N3. The Morgan fingerprint density at radius 2 is 1.56 bits per heavy atom. The highest BCUT2D eigenvalue weighted by atomic mass is 15.0.